The lowest BCUT2D eigenvalue weighted by molar-refractivity contribution is -0.133. The largest absolute Gasteiger partial charge is 0.490 e. The molecule has 146 valence electrons. The number of amides is 2. The fraction of sp³-hybridized carbons (Fsp3) is 0.500. The van der Waals surface area contributed by atoms with Crippen LogP contribution in [0, 0.1) is 5.92 Å². The Morgan fingerprint density at radius 2 is 2.26 bits per heavy atom. The lowest BCUT2D eigenvalue weighted by Gasteiger charge is -2.43. The first-order valence-corrected chi connectivity index (χ1v) is 9.22. The van der Waals surface area contributed by atoms with E-state index in [2.05, 4.69) is 6.58 Å². The Morgan fingerprint density at radius 1 is 1.44 bits per heavy atom. The summed E-state index contributed by atoms with van der Waals surface area (Å²) in [6.07, 6.45) is 1.52. The van der Waals surface area contributed by atoms with E-state index in [1.54, 1.807) is 15.9 Å². The molecule has 7 heteroatoms. The molecule has 2 heterocycles. The number of methoxy groups -OCH3 is 1. The van der Waals surface area contributed by atoms with Crippen molar-refractivity contribution in [1.29, 1.82) is 0 Å². The summed E-state index contributed by atoms with van der Waals surface area (Å²) in [5.41, 5.74) is 0.885. The molecule has 3 rings (SSSR count). The van der Waals surface area contributed by atoms with Crippen molar-refractivity contribution < 1.29 is 23.8 Å². The Kier molecular flexibility index (Phi) is 5.88. The van der Waals surface area contributed by atoms with E-state index in [9.17, 15) is 9.59 Å². The van der Waals surface area contributed by atoms with Crippen LogP contribution in [0.3, 0.4) is 0 Å². The van der Waals surface area contributed by atoms with Crippen LogP contribution in [0.15, 0.2) is 30.9 Å². The van der Waals surface area contributed by atoms with E-state index < -0.39 is 6.09 Å². The summed E-state index contributed by atoms with van der Waals surface area (Å²) in [5.74, 6) is 1.25. The van der Waals surface area contributed by atoms with E-state index in [0.29, 0.717) is 44.3 Å². The summed E-state index contributed by atoms with van der Waals surface area (Å²) in [5, 5.41) is 0. The van der Waals surface area contributed by atoms with Crippen molar-refractivity contribution in [2.24, 2.45) is 5.92 Å². The summed E-state index contributed by atoms with van der Waals surface area (Å²) in [7, 11) is 1.36. The Labute approximate surface area is 159 Å². The number of rotatable bonds is 4. The second kappa shape index (κ2) is 8.33. The molecule has 2 amide bonds. The first-order valence-electron chi connectivity index (χ1n) is 9.22. The molecule has 0 aliphatic carbocycles. The molecule has 27 heavy (non-hydrogen) atoms. The number of carbonyl (C=O) groups excluding carboxylic acids is 2. The Morgan fingerprint density at radius 3 is 2.96 bits per heavy atom. The third kappa shape index (κ3) is 3.72. The zero-order chi connectivity index (χ0) is 19.4. The Balaban J connectivity index is 2.03. The highest BCUT2D eigenvalue weighted by Gasteiger charge is 2.42. The zero-order valence-electron chi connectivity index (χ0n) is 15.8. The third-order valence-electron chi connectivity index (χ3n) is 4.98. The van der Waals surface area contributed by atoms with Crippen LogP contribution in [0.4, 0.5) is 4.79 Å². The lowest BCUT2D eigenvalue weighted by Crippen LogP contribution is -2.51. The van der Waals surface area contributed by atoms with Crippen LogP contribution in [0.25, 0.3) is 0 Å². The van der Waals surface area contributed by atoms with Crippen molar-refractivity contribution in [3.05, 3.63) is 36.4 Å². The highest BCUT2D eigenvalue weighted by molar-refractivity contribution is 5.78. The molecule has 1 aromatic rings. The van der Waals surface area contributed by atoms with E-state index >= 15 is 0 Å². The van der Waals surface area contributed by atoms with Gasteiger partial charge >= 0.3 is 6.09 Å². The molecular weight excluding hydrogens is 348 g/mol. The van der Waals surface area contributed by atoms with Crippen molar-refractivity contribution in [3.63, 3.8) is 0 Å². The normalized spacial score (nSPS) is 21.9. The second-order valence-corrected chi connectivity index (χ2v) is 6.62. The number of hydrogen-bond donors (Lipinski definition) is 0. The van der Waals surface area contributed by atoms with Gasteiger partial charge in [-0.1, -0.05) is 18.2 Å². The average Bonchev–Trinajstić information content (AvgIpc) is 2.67. The highest BCUT2D eigenvalue weighted by atomic mass is 16.5. The topological polar surface area (TPSA) is 68.3 Å². The number of ether oxygens (including phenoxy) is 3. The van der Waals surface area contributed by atoms with Crippen LogP contribution in [-0.4, -0.2) is 61.8 Å². The predicted octanol–water partition coefficient (Wildman–Crippen LogP) is 2.62. The number of benzene rings is 1. The number of fused-ring (bicyclic) bond motifs is 3. The third-order valence-corrected chi connectivity index (χ3v) is 4.98. The standard InChI is InChI=1S/C20H26N2O5/c1-4-10-21-12-14-13-27-19-15(7-6-8-16(19)26-5-2)18(14)22(20(24)25-3)11-9-17(21)23/h4,6-8,14,18H,1,5,9-13H2,2-3H3/t14-,18-/m0/s1. The van der Waals surface area contributed by atoms with E-state index in [1.165, 1.54) is 7.11 Å². The van der Waals surface area contributed by atoms with Gasteiger partial charge in [0.2, 0.25) is 5.91 Å². The minimum absolute atomic E-state index is 0.00360. The molecule has 0 saturated carbocycles. The van der Waals surface area contributed by atoms with Crippen molar-refractivity contribution in [1.82, 2.24) is 9.80 Å². The molecular formula is C20H26N2O5. The number of nitrogens with zero attached hydrogens (tertiary/aromatic N) is 2. The Bertz CT molecular complexity index is 720. The smallest absolute Gasteiger partial charge is 0.410 e. The van der Waals surface area contributed by atoms with Crippen LogP contribution in [0.5, 0.6) is 11.5 Å². The quantitative estimate of drug-likeness (QED) is 0.758. The second-order valence-electron chi connectivity index (χ2n) is 6.62. The molecule has 7 nitrogen and oxygen atoms in total. The summed E-state index contributed by atoms with van der Waals surface area (Å²) in [6.45, 7) is 7.83. The van der Waals surface area contributed by atoms with Gasteiger partial charge in [-0.15, -0.1) is 6.58 Å². The number of hydrogen-bond acceptors (Lipinski definition) is 5. The van der Waals surface area contributed by atoms with E-state index in [4.69, 9.17) is 14.2 Å². The minimum atomic E-state index is -0.440. The molecule has 1 aromatic carbocycles. The fourth-order valence-corrected chi connectivity index (χ4v) is 3.85. The molecule has 0 unspecified atom stereocenters. The van der Waals surface area contributed by atoms with Crippen LogP contribution in [0.2, 0.25) is 0 Å². The molecule has 1 fully saturated rings. The average molecular weight is 374 g/mol. The summed E-state index contributed by atoms with van der Waals surface area (Å²) in [6, 6.07) is 5.46. The maximum Gasteiger partial charge on any atom is 0.410 e. The van der Waals surface area contributed by atoms with Crippen LogP contribution in [0.1, 0.15) is 24.9 Å². The van der Waals surface area contributed by atoms with Gasteiger partial charge in [-0.3, -0.25) is 4.79 Å². The van der Waals surface area contributed by atoms with Crippen LogP contribution in [-0.2, 0) is 9.53 Å². The summed E-state index contributed by atoms with van der Waals surface area (Å²) >= 11 is 0. The van der Waals surface area contributed by atoms with Gasteiger partial charge in [-0.2, -0.15) is 0 Å². The van der Waals surface area contributed by atoms with Gasteiger partial charge < -0.3 is 24.0 Å². The van der Waals surface area contributed by atoms with Crippen LogP contribution >= 0.6 is 0 Å². The van der Waals surface area contributed by atoms with Gasteiger partial charge in [-0.25, -0.2) is 4.79 Å². The van der Waals surface area contributed by atoms with Crippen LogP contribution < -0.4 is 9.47 Å². The molecule has 0 spiro atoms. The molecule has 0 aromatic heterocycles. The van der Waals surface area contributed by atoms with Gasteiger partial charge in [0, 0.05) is 37.5 Å². The molecule has 2 atom stereocenters. The number of carbonyl (C=O) groups is 2. The maximum atomic E-state index is 12.5. The SMILES string of the molecule is C=CCN1C[C@H]2COc3c(OCC)cccc3[C@H]2N(C(=O)OC)CCC1=O. The molecule has 0 bridgehead atoms. The van der Waals surface area contributed by atoms with Gasteiger partial charge in [0.15, 0.2) is 11.5 Å². The number of para-hydroxylation sites is 1. The summed E-state index contributed by atoms with van der Waals surface area (Å²) < 4.78 is 16.7. The molecule has 2 aliphatic heterocycles. The van der Waals surface area contributed by atoms with E-state index in [1.807, 2.05) is 25.1 Å². The molecule has 1 saturated heterocycles. The molecule has 2 aliphatic rings. The van der Waals surface area contributed by atoms with Gasteiger partial charge in [0.1, 0.15) is 0 Å². The van der Waals surface area contributed by atoms with Crippen molar-refractivity contribution >= 4 is 12.0 Å². The first-order chi connectivity index (χ1) is 13.1. The van der Waals surface area contributed by atoms with Crippen molar-refractivity contribution in [2.45, 2.75) is 19.4 Å². The predicted molar refractivity (Wildman–Crippen MR) is 99.8 cm³/mol. The monoisotopic (exact) mass is 374 g/mol. The zero-order valence-corrected chi connectivity index (χ0v) is 15.8. The van der Waals surface area contributed by atoms with Crippen molar-refractivity contribution in [3.8, 4) is 11.5 Å². The molecule has 0 N–H and O–H groups in total. The van der Waals surface area contributed by atoms with Crippen molar-refractivity contribution in [2.75, 3.05) is 40.0 Å². The fourth-order valence-electron chi connectivity index (χ4n) is 3.85. The van der Waals surface area contributed by atoms with Gasteiger partial charge in [0.05, 0.1) is 26.4 Å². The van der Waals surface area contributed by atoms with E-state index in [-0.39, 0.29) is 24.3 Å². The Hall–Kier alpha value is -2.70. The summed E-state index contributed by atoms with van der Waals surface area (Å²) in [4.78, 5) is 28.4. The highest BCUT2D eigenvalue weighted by Crippen LogP contribution is 2.45. The lowest BCUT2D eigenvalue weighted by atomic mass is 9.87. The van der Waals surface area contributed by atoms with Gasteiger partial charge in [-0.05, 0) is 13.0 Å². The maximum absolute atomic E-state index is 12.5. The molecule has 0 radical (unpaired) electrons. The van der Waals surface area contributed by atoms with Gasteiger partial charge in [0.25, 0.3) is 0 Å². The first kappa shape index (κ1) is 19.1. The minimum Gasteiger partial charge on any atom is -0.490 e. The van der Waals surface area contributed by atoms with E-state index in [0.717, 1.165) is 5.56 Å².